The molecule has 31 heavy (non-hydrogen) atoms. The SMILES string of the molecule is CCOC(=O)N1CCN(C(=O)CNc2cccc(S(=O)(=O)c3ccccc3)c2F)CC1. The van der Waals surface area contributed by atoms with Gasteiger partial charge in [-0.2, -0.15) is 0 Å². The number of carbonyl (C=O) groups excluding carboxylic acids is 2. The molecule has 3 rings (SSSR count). The van der Waals surface area contributed by atoms with Gasteiger partial charge in [0.25, 0.3) is 0 Å². The average Bonchev–Trinajstić information content (AvgIpc) is 2.79. The van der Waals surface area contributed by atoms with Gasteiger partial charge in [0.2, 0.25) is 15.7 Å². The van der Waals surface area contributed by atoms with E-state index in [1.807, 2.05) is 0 Å². The molecule has 0 radical (unpaired) electrons. The standard InChI is InChI=1S/C21H24FN3O5S/c1-2-30-21(27)25-13-11-24(12-14-25)19(26)15-23-17-9-6-10-18(20(17)22)31(28,29)16-7-4-3-5-8-16/h3-10,23H,2,11-15H2,1H3. The number of ether oxygens (including phenoxy) is 1. The van der Waals surface area contributed by atoms with Gasteiger partial charge in [-0.15, -0.1) is 0 Å². The number of anilines is 1. The van der Waals surface area contributed by atoms with Crippen molar-refractivity contribution in [1.82, 2.24) is 9.80 Å². The highest BCUT2D eigenvalue weighted by atomic mass is 32.2. The van der Waals surface area contributed by atoms with Crippen molar-refractivity contribution in [3.63, 3.8) is 0 Å². The predicted molar refractivity (Wildman–Crippen MR) is 112 cm³/mol. The number of rotatable bonds is 6. The van der Waals surface area contributed by atoms with Gasteiger partial charge in [-0.05, 0) is 31.2 Å². The summed E-state index contributed by atoms with van der Waals surface area (Å²) in [4.78, 5) is 26.8. The maximum Gasteiger partial charge on any atom is 0.409 e. The Morgan fingerprint density at radius 1 is 1.00 bits per heavy atom. The maximum atomic E-state index is 14.9. The van der Waals surface area contributed by atoms with E-state index in [0.29, 0.717) is 26.2 Å². The number of nitrogens with zero attached hydrogens (tertiary/aromatic N) is 2. The van der Waals surface area contributed by atoms with Crippen molar-refractivity contribution in [2.24, 2.45) is 0 Å². The molecule has 2 amide bonds. The number of benzene rings is 2. The minimum atomic E-state index is -4.03. The molecular weight excluding hydrogens is 425 g/mol. The fraction of sp³-hybridized carbons (Fsp3) is 0.333. The minimum Gasteiger partial charge on any atom is -0.450 e. The highest BCUT2D eigenvalue weighted by Crippen LogP contribution is 2.27. The van der Waals surface area contributed by atoms with Crippen LogP contribution in [0.1, 0.15) is 6.92 Å². The third-order valence-electron chi connectivity index (χ3n) is 4.89. The van der Waals surface area contributed by atoms with Crippen LogP contribution < -0.4 is 5.32 Å². The molecule has 0 atom stereocenters. The summed E-state index contributed by atoms with van der Waals surface area (Å²) in [6, 6.07) is 11.6. The summed E-state index contributed by atoms with van der Waals surface area (Å²) in [6.45, 7) is 3.18. The molecule has 1 heterocycles. The van der Waals surface area contributed by atoms with Crippen LogP contribution in [-0.4, -0.2) is 69.5 Å². The van der Waals surface area contributed by atoms with Crippen LogP contribution in [0.2, 0.25) is 0 Å². The first kappa shape index (κ1) is 22.5. The Morgan fingerprint density at radius 2 is 1.65 bits per heavy atom. The molecule has 2 aromatic carbocycles. The first-order chi connectivity index (χ1) is 14.8. The maximum absolute atomic E-state index is 14.9. The van der Waals surface area contributed by atoms with Crippen LogP contribution in [0.5, 0.6) is 0 Å². The second kappa shape index (κ2) is 9.78. The summed E-state index contributed by atoms with van der Waals surface area (Å²) < 4.78 is 45.4. The van der Waals surface area contributed by atoms with E-state index in [0.717, 1.165) is 0 Å². The van der Waals surface area contributed by atoms with E-state index in [1.165, 1.54) is 35.2 Å². The minimum absolute atomic E-state index is 0.0124. The van der Waals surface area contributed by atoms with E-state index in [9.17, 15) is 22.4 Å². The summed E-state index contributed by atoms with van der Waals surface area (Å²) in [5.41, 5.74) is -0.0736. The van der Waals surface area contributed by atoms with Gasteiger partial charge in [0.1, 0.15) is 4.90 Å². The number of amides is 2. The second-order valence-electron chi connectivity index (χ2n) is 6.85. The van der Waals surface area contributed by atoms with Crippen molar-refractivity contribution in [3.8, 4) is 0 Å². The Kier molecular flexibility index (Phi) is 7.11. The number of halogens is 1. The average molecular weight is 450 g/mol. The van der Waals surface area contributed by atoms with E-state index in [-0.39, 0.29) is 29.6 Å². The number of hydrogen-bond acceptors (Lipinski definition) is 6. The fourth-order valence-corrected chi connectivity index (χ4v) is 4.59. The van der Waals surface area contributed by atoms with Crippen LogP contribution in [0.15, 0.2) is 58.3 Å². The van der Waals surface area contributed by atoms with Crippen LogP contribution in [0.3, 0.4) is 0 Å². The van der Waals surface area contributed by atoms with E-state index in [1.54, 1.807) is 30.0 Å². The first-order valence-corrected chi connectivity index (χ1v) is 11.3. The van der Waals surface area contributed by atoms with Gasteiger partial charge in [-0.3, -0.25) is 4.79 Å². The summed E-state index contributed by atoms with van der Waals surface area (Å²) in [5, 5.41) is 2.69. The van der Waals surface area contributed by atoms with Gasteiger partial charge in [0, 0.05) is 26.2 Å². The number of nitrogens with one attached hydrogen (secondary N) is 1. The molecule has 8 nitrogen and oxygen atoms in total. The van der Waals surface area contributed by atoms with Crippen LogP contribution in [0.25, 0.3) is 0 Å². The molecular formula is C21H24FN3O5S. The molecule has 0 saturated carbocycles. The summed E-state index contributed by atoms with van der Waals surface area (Å²) in [5.74, 6) is -1.22. The molecule has 0 aliphatic carbocycles. The van der Waals surface area contributed by atoms with Crippen LogP contribution >= 0.6 is 0 Å². The lowest BCUT2D eigenvalue weighted by atomic mass is 10.3. The van der Waals surface area contributed by atoms with E-state index >= 15 is 0 Å². The van der Waals surface area contributed by atoms with Crippen LogP contribution in [-0.2, 0) is 19.4 Å². The fourth-order valence-electron chi connectivity index (χ4n) is 3.22. The third kappa shape index (κ3) is 5.13. The summed E-state index contributed by atoms with van der Waals surface area (Å²) in [6.07, 6.45) is -0.411. The Morgan fingerprint density at radius 3 is 2.29 bits per heavy atom. The van der Waals surface area contributed by atoms with Gasteiger partial charge >= 0.3 is 6.09 Å². The molecule has 1 fully saturated rings. The van der Waals surface area contributed by atoms with Crippen molar-refractivity contribution < 1.29 is 27.1 Å². The van der Waals surface area contributed by atoms with Gasteiger partial charge < -0.3 is 19.9 Å². The molecule has 10 heteroatoms. The zero-order chi connectivity index (χ0) is 22.4. The molecule has 1 aliphatic rings. The molecule has 1 saturated heterocycles. The zero-order valence-electron chi connectivity index (χ0n) is 17.1. The Balaban J connectivity index is 1.64. The lowest BCUT2D eigenvalue weighted by Gasteiger charge is -2.34. The predicted octanol–water partition coefficient (Wildman–Crippen LogP) is 2.37. The van der Waals surface area contributed by atoms with E-state index in [2.05, 4.69) is 5.32 Å². The van der Waals surface area contributed by atoms with E-state index in [4.69, 9.17) is 4.74 Å². The highest BCUT2D eigenvalue weighted by Gasteiger charge is 2.26. The first-order valence-electron chi connectivity index (χ1n) is 9.86. The van der Waals surface area contributed by atoms with Gasteiger partial charge in [-0.25, -0.2) is 17.6 Å². The lowest BCUT2D eigenvalue weighted by Crippen LogP contribution is -2.51. The molecule has 0 bridgehead atoms. The van der Waals surface area contributed by atoms with Crippen molar-refractivity contribution in [3.05, 3.63) is 54.3 Å². The van der Waals surface area contributed by atoms with Crippen molar-refractivity contribution >= 4 is 27.5 Å². The van der Waals surface area contributed by atoms with Crippen LogP contribution in [0, 0.1) is 5.82 Å². The molecule has 166 valence electrons. The zero-order valence-corrected chi connectivity index (χ0v) is 17.9. The molecule has 1 aliphatic heterocycles. The van der Waals surface area contributed by atoms with E-state index < -0.39 is 26.6 Å². The topological polar surface area (TPSA) is 96.0 Å². The monoisotopic (exact) mass is 449 g/mol. The third-order valence-corrected chi connectivity index (χ3v) is 6.68. The number of sulfone groups is 1. The van der Waals surface area contributed by atoms with Crippen molar-refractivity contribution in [2.45, 2.75) is 16.7 Å². The van der Waals surface area contributed by atoms with Gasteiger partial charge in [0.05, 0.1) is 23.7 Å². The van der Waals surface area contributed by atoms with Crippen LogP contribution in [0.4, 0.5) is 14.9 Å². The highest BCUT2D eigenvalue weighted by molar-refractivity contribution is 7.91. The Bertz CT molecular complexity index is 1040. The molecule has 2 aromatic rings. The van der Waals surface area contributed by atoms with Gasteiger partial charge in [0.15, 0.2) is 5.82 Å². The quantitative estimate of drug-likeness (QED) is 0.728. The smallest absolute Gasteiger partial charge is 0.409 e. The summed E-state index contributed by atoms with van der Waals surface area (Å²) in [7, 11) is -4.03. The Labute approximate surface area is 180 Å². The lowest BCUT2D eigenvalue weighted by molar-refractivity contribution is -0.130. The molecule has 0 aromatic heterocycles. The molecule has 0 spiro atoms. The largest absolute Gasteiger partial charge is 0.450 e. The number of carbonyl (C=O) groups is 2. The normalized spacial score (nSPS) is 14.3. The van der Waals surface area contributed by atoms with Gasteiger partial charge in [-0.1, -0.05) is 24.3 Å². The number of hydrogen-bond donors (Lipinski definition) is 1. The number of piperazine rings is 1. The molecule has 0 unspecified atom stereocenters. The second-order valence-corrected chi connectivity index (χ2v) is 8.77. The van der Waals surface area contributed by atoms with Crippen molar-refractivity contribution in [2.75, 3.05) is 44.6 Å². The van der Waals surface area contributed by atoms with Crippen molar-refractivity contribution in [1.29, 1.82) is 0 Å². The Hall–Kier alpha value is -3.14. The summed E-state index contributed by atoms with van der Waals surface area (Å²) >= 11 is 0. The molecule has 1 N–H and O–H groups in total.